The second kappa shape index (κ2) is 12.6. The SMILES string of the molecule is COc1ccc(N(CC#C[C@@H]([In]2[CH]=CC[C@@H]2C(N)=O)C(F)(F)F)C2CCC(N(C)C)CC2)c(S(C)(=O)=O)c1. The van der Waals surface area contributed by atoms with Gasteiger partial charge in [0.25, 0.3) is 0 Å². The van der Waals surface area contributed by atoms with Gasteiger partial charge in [0.2, 0.25) is 0 Å². The van der Waals surface area contributed by atoms with Gasteiger partial charge >= 0.3 is 232 Å². The Morgan fingerprint density at radius 1 is 1.21 bits per heavy atom. The fourth-order valence-electron chi connectivity index (χ4n) is 5.41. The summed E-state index contributed by atoms with van der Waals surface area (Å²) in [5.74, 6) is 4.90. The Balaban J connectivity index is 2.00. The fourth-order valence-corrected chi connectivity index (χ4v) is 14.9. The van der Waals surface area contributed by atoms with E-state index in [9.17, 15) is 26.4 Å². The van der Waals surface area contributed by atoms with Crippen molar-refractivity contribution in [1.29, 1.82) is 0 Å². The van der Waals surface area contributed by atoms with Crippen LogP contribution in [-0.4, -0.2) is 92.9 Å². The quantitative estimate of drug-likeness (QED) is 0.431. The van der Waals surface area contributed by atoms with E-state index in [-0.39, 0.29) is 23.9 Å². The van der Waals surface area contributed by atoms with Crippen LogP contribution in [0, 0.1) is 11.8 Å². The minimum atomic E-state index is -4.57. The molecule has 0 radical (unpaired) electrons. The van der Waals surface area contributed by atoms with Crippen LogP contribution in [0.5, 0.6) is 5.75 Å². The summed E-state index contributed by atoms with van der Waals surface area (Å²) < 4.78 is 71.9. The maximum absolute atomic E-state index is 14.1. The minimum absolute atomic E-state index is 0.0486. The van der Waals surface area contributed by atoms with Crippen LogP contribution in [0.2, 0.25) is 7.35 Å². The number of carbonyl (C=O) groups is 1. The Bertz CT molecular complexity index is 1200. The third-order valence-electron chi connectivity index (χ3n) is 7.54. The van der Waals surface area contributed by atoms with Crippen LogP contribution in [0.4, 0.5) is 18.9 Å². The number of sulfone groups is 1. The topological polar surface area (TPSA) is 92.9 Å². The van der Waals surface area contributed by atoms with Crippen molar-refractivity contribution >= 4 is 42.9 Å². The van der Waals surface area contributed by atoms with Crippen molar-refractivity contribution in [2.24, 2.45) is 5.73 Å². The van der Waals surface area contributed by atoms with Gasteiger partial charge < -0.3 is 0 Å². The van der Waals surface area contributed by atoms with E-state index >= 15 is 0 Å². The number of allylic oxidation sites excluding steroid dienone is 1. The molecule has 38 heavy (non-hydrogen) atoms. The maximum atomic E-state index is 14.1. The molecular weight excluding hydrogens is 622 g/mol. The molecule has 3 rings (SSSR count). The normalized spacial score (nSPS) is 22.6. The second-order valence-corrected chi connectivity index (χ2v) is 20.8. The Kier molecular flexibility index (Phi) is 10.1. The Labute approximate surface area is 231 Å². The van der Waals surface area contributed by atoms with Crippen LogP contribution in [0.1, 0.15) is 32.1 Å². The zero-order valence-electron chi connectivity index (χ0n) is 22.2. The number of rotatable bonds is 8. The predicted octanol–water partition coefficient (Wildman–Crippen LogP) is 3.56. The average Bonchev–Trinajstić information content (AvgIpc) is 3.32. The number of anilines is 1. The molecule has 0 unspecified atom stereocenters. The first-order valence-corrected chi connectivity index (χ1v) is 20.2. The van der Waals surface area contributed by atoms with E-state index in [0.29, 0.717) is 17.5 Å². The van der Waals surface area contributed by atoms with E-state index in [4.69, 9.17) is 10.5 Å². The van der Waals surface area contributed by atoms with Gasteiger partial charge in [-0.05, 0) is 0 Å². The molecule has 0 spiro atoms. The molecule has 0 aromatic heterocycles. The Morgan fingerprint density at radius 3 is 2.37 bits per heavy atom. The Hall–Kier alpha value is -1.84. The molecule has 2 N–H and O–H groups in total. The van der Waals surface area contributed by atoms with E-state index in [2.05, 4.69) is 16.7 Å². The molecule has 7 nitrogen and oxygen atoms in total. The van der Waals surface area contributed by atoms with Crippen molar-refractivity contribution in [1.82, 2.24) is 4.90 Å². The van der Waals surface area contributed by atoms with Crippen LogP contribution < -0.4 is 15.4 Å². The van der Waals surface area contributed by atoms with E-state index in [0.717, 1.165) is 31.9 Å². The third-order valence-corrected chi connectivity index (χ3v) is 18.8. The number of hydrogen-bond acceptors (Lipinski definition) is 6. The first-order chi connectivity index (χ1) is 17.7. The van der Waals surface area contributed by atoms with E-state index in [1.165, 1.54) is 13.2 Å². The molecule has 0 saturated heterocycles. The Morgan fingerprint density at radius 2 is 1.84 bits per heavy atom. The number of halogens is 3. The second-order valence-electron chi connectivity index (χ2n) is 10.3. The predicted molar refractivity (Wildman–Crippen MR) is 143 cm³/mol. The molecule has 1 fully saturated rings. The molecule has 1 heterocycles. The summed E-state index contributed by atoms with van der Waals surface area (Å²) >= 11 is -3.68. The molecule has 1 aliphatic heterocycles. The molecule has 2 atom stereocenters. The molecule has 0 bridgehead atoms. The van der Waals surface area contributed by atoms with Crippen molar-refractivity contribution in [2.45, 2.75) is 62.6 Å². The molecule has 12 heteroatoms. The van der Waals surface area contributed by atoms with Crippen LogP contribution in [0.3, 0.4) is 0 Å². The summed E-state index contributed by atoms with van der Waals surface area (Å²) in [5, 5.41) is 0. The van der Waals surface area contributed by atoms with Crippen molar-refractivity contribution in [3.05, 3.63) is 28.1 Å². The summed E-state index contributed by atoms with van der Waals surface area (Å²) in [4.78, 5) is 15.8. The van der Waals surface area contributed by atoms with E-state index in [1.54, 1.807) is 22.0 Å². The number of carbonyl (C=O) groups excluding carboxylic acids is 1. The first kappa shape index (κ1) is 30.7. The molecule has 2 aliphatic rings. The van der Waals surface area contributed by atoms with Gasteiger partial charge in [0.05, 0.1) is 0 Å². The summed E-state index contributed by atoms with van der Waals surface area (Å²) in [6.45, 7) is -0.0672. The van der Waals surface area contributed by atoms with E-state index in [1.807, 2.05) is 19.0 Å². The molecule has 1 amide bonds. The van der Waals surface area contributed by atoms with Gasteiger partial charge in [-0.2, -0.15) is 0 Å². The average molecular weight is 657 g/mol. The number of benzene rings is 1. The number of alkyl halides is 3. The monoisotopic (exact) mass is 657 g/mol. The molecule has 1 saturated carbocycles. The molecular formula is C26H35F3InN3O4S. The molecule has 1 aliphatic carbocycles. The van der Waals surface area contributed by atoms with Gasteiger partial charge in [-0.15, -0.1) is 0 Å². The van der Waals surface area contributed by atoms with Crippen LogP contribution in [0.15, 0.2) is 33.0 Å². The summed E-state index contributed by atoms with van der Waals surface area (Å²) in [5.41, 5.74) is 5.81. The summed E-state index contributed by atoms with van der Waals surface area (Å²) in [6.07, 6.45) is 1.65. The van der Waals surface area contributed by atoms with Crippen molar-refractivity contribution < 1.29 is 31.1 Å². The molecule has 1 aromatic carbocycles. The number of nitrogens with zero attached hydrogens (tertiary/aromatic N) is 2. The zero-order valence-corrected chi connectivity index (χ0v) is 26.3. The number of ether oxygens (including phenoxy) is 1. The third kappa shape index (κ3) is 7.42. The number of primary amides is 1. The van der Waals surface area contributed by atoms with Crippen molar-refractivity contribution in [3.63, 3.8) is 0 Å². The van der Waals surface area contributed by atoms with Crippen LogP contribution in [0.25, 0.3) is 0 Å². The number of hydrogen-bond donors (Lipinski definition) is 1. The van der Waals surface area contributed by atoms with Crippen molar-refractivity contribution in [2.75, 3.05) is 38.9 Å². The van der Waals surface area contributed by atoms with Crippen LogP contribution >= 0.6 is 0 Å². The fraction of sp³-hybridized carbons (Fsp3) is 0.577. The standard InChI is InChI=1S/C21H28F3N2O3S.C5H7NO.In/c1-25(2)16-7-9-17(10-8-16)26(14-6-5-13-21(22,23)24)19-12-11-18(29-3)15-20(19)30(4,27)28;1-2-3-4-5(6)7;/h11-13,15-17H,7-10,14H2,1-4H3;1-2,4H,3H2,(H2,6,7);. The number of nitrogens with two attached hydrogens (primary N) is 1. The summed E-state index contributed by atoms with van der Waals surface area (Å²) in [6, 6.07) is 5.01. The summed E-state index contributed by atoms with van der Waals surface area (Å²) in [7, 11) is 1.79. The van der Waals surface area contributed by atoms with Gasteiger partial charge in [-0.1, -0.05) is 0 Å². The molecule has 208 valence electrons. The first-order valence-electron chi connectivity index (χ1n) is 12.6. The van der Waals surface area contributed by atoms with E-state index < -0.39 is 50.7 Å². The van der Waals surface area contributed by atoms with Gasteiger partial charge in [-0.3, -0.25) is 0 Å². The van der Waals surface area contributed by atoms with Gasteiger partial charge in [0.1, 0.15) is 0 Å². The van der Waals surface area contributed by atoms with Crippen molar-refractivity contribution in [3.8, 4) is 17.6 Å². The number of methoxy groups -OCH3 is 1. The van der Waals surface area contributed by atoms with Gasteiger partial charge in [-0.25, -0.2) is 0 Å². The zero-order chi connectivity index (χ0) is 28.3. The van der Waals surface area contributed by atoms with Crippen LogP contribution in [-0.2, 0) is 14.6 Å². The molecule has 1 aromatic rings. The number of amides is 1. The van der Waals surface area contributed by atoms with Gasteiger partial charge in [0.15, 0.2) is 0 Å². The van der Waals surface area contributed by atoms with Gasteiger partial charge in [0, 0.05) is 0 Å².